The molecular formula is C20H35NO2SSi. The largest absolute Gasteiger partial charge is 0.543 e. The number of hydrogen-bond acceptors (Lipinski definition) is 2. The van der Waals surface area contributed by atoms with E-state index < -0.39 is 19.3 Å². The van der Waals surface area contributed by atoms with Gasteiger partial charge in [0.25, 0.3) is 8.32 Å². The second-order valence-corrected chi connectivity index (χ2v) is 15.9. The molecular weight excluding hydrogens is 346 g/mol. The van der Waals surface area contributed by atoms with Crippen LogP contribution in [0.15, 0.2) is 28.7 Å². The van der Waals surface area contributed by atoms with Crippen LogP contribution in [0.1, 0.15) is 67.9 Å². The Hall–Kier alpha value is -0.943. The molecule has 1 atom stereocenters. The molecule has 1 aromatic rings. The fourth-order valence-corrected chi connectivity index (χ4v) is 9.23. The molecule has 0 saturated heterocycles. The highest BCUT2D eigenvalue weighted by molar-refractivity contribution is 7.85. The minimum atomic E-state index is -1.93. The lowest BCUT2D eigenvalue weighted by molar-refractivity contribution is 0.480. The van der Waals surface area contributed by atoms with Crippen LogP contribution in [0.4, 0.5) is 0 Å². The standard InChI is InChI=1S/C20H35NO2SSi/c1-15(2)25(16(3)4,17(5)6)23-19-12-10-18(11-13-19)14-21-24(22)20(7,8)9/h10-17H,1-9H3. The van der Waals surface area contributed by atoms with Crippen LogP contribution in [0.2, 0.25) is 16.6 Å². The number of benzene rings is 1. The lowest BCUT2D eigenvalue weighted by Gasteiger charge is -2.42. The van der Waals surface area contributed by atoms with Crippen molar-refractivity contribution in [3.8, 4) is 5.75 Å². The molecule has 0 N–H and O–H groups in total. The van der Waals surface area contributed by atoms with Gasteiger partial charge in [0, 0.05) is 6.21 Å². The maximum atomic E-state index is 12.0. The molecule has 0 aromatic heterocycles. The van der Waals surface area contributed by atoms with Gasteiger partial charge >= 0.3 is 0 Å². The van der Waals surface area contributed by atoms with Crippen LogP contribution in [-0.2, 0) is 11.0 Å². The minimum absolute atomic E-state index is 0.337. The van der Waals surface area contributed by atoms with Crippen molar-refractivity contribution < 1.29 is 8.63 Å². The van der Waals surface area contributed by atoms with Gasteiger partial charge in [-0.25, -0.2) is 4.21 Å². The van der Waals surface area contributed by atoms with Crippen molar-refractivity contribution in [3.05, 3.63) is 29.8 Å². The van der Waals surface area contributed by atoms with E-state index in [9.17, 15) is 4.21 Å². The topological polar surface area (TPSA) is 38.7 Å². The van der Waals surface area contributed by atoms with E-state index in [0.717, 1.165) is 11.3 Å². The van der Waals surface area contributed by atoms with Gasteiger partial charge in [-0.2, -0.15) is 4.40 Å². The summed E-state index contributed by atoms with van der Waals surface area (Å²) >= 11 is 0. The van der Waals surface area contributed by atoms with Crippen molar-refractivity contribution in [2.75, 3.05) is 0 Å². The molecule has 0 spiro atoms. The highest BCUT2D eigenvalue weighted by Crippen LogP contribution is 2.42. The Labute approximate surface area is 158 Å². The fraction of sp³-hybridized carbons (Fsp3) is 0.650. The van der Waals surface area contributed by atoms with Crippen LogP contribution < -0.4 is 4.43 Å². The van der Waals surface area contributed by atoms with E-state index in [4.69, 9.17) is 4.43 Å². The molecule has 0 fully saturated rings. The van der Waals surface area contributed by atoms with Crippen molar-refractivity contribution >= 4 is 25.5 Å². The second kappa shape index (κ2) is 8.63. The first-order chi connectivity index (χ1) is 11.4. The molecule has 0 aliphatic heterocycles. The van der Waals surface area contributed by atoms with Crippen LogP contribution in [0.5, 0.6) is 5.75 Å². The van der Waals surface area contributed by atoms with E-state index in [1.165, 1.54) is 0 Å². The minimum Gasteiger partial charge on any atom is -0.543 e. The molecule has 142 valence electrons. The predicted octanol–water partition coefficient (Wildman–Crippen LogP) is 6.12. The zero-order valence-corrected chi connectivity index (χ0v) is 19.1. The molecule has 0 bridgehead atoms. The van der Waals surface area contributed by atoms with Gasteiger partial charge in [0.05, 0.1) is 4.75 Å². The molecule has 1 unspecified atom stereocenters. The zero-order valence-electron chi connectivity index (χ0n) is 17.3. The lowest BCUT2D eigenvalue weighted by Crippen LogP contribution is -2.50. The van der Waals surface area contributed by atoms with E-state index in [1.807, 2.05) is 45.0 Å². The molecule has 0 radical (unpaired) electrons. The van der Waals surface area contributed by atoms with E-state index in [2.05, 4.69) is 45.9 Å². The van der Waals surface area contributed by atoms with Crippen LogP contribution in [0.3, 0.4) is 0 Å². The Morgan fingerprint density at radius 2 is 1.40 bits per heavy atom. The highest BCUT2D eigenvalue weighted by atomic mass is 32.2. The fourth-order valence-electron chi connectivity index (χ4n) is 3.45. The van der Waals surface area contributed by atoms with Gasteiger partial charge in [-0.3, -0.25) is 0 Å². The Morgan fingerprint density at radius 1 is 0.960 bits per heavy atom. The van der Waals surface area contributed by atoms with E-state index in [0.29, 0.717) is 16.6 Å². The summed E-state index contributed by atoms with van der Waals surface area (Å²) in [5, 5.41) is 0. The van der Waals surface area contributed by atoms with Gasteiger partial charge in [0.15, 0.2) is 0 Å². The van der Waals surface area contributed by atoms with Crippen molar-refractivity contribution in [1.29, 1.82) is 0 Å². The smallest absolute Gasteiger partial charge is 0.258 e. The maximum Gasteiger partial charge on any atom is 0.258 e. The first kappa shape index (κ1) is 22.1. The maximum absolute atomic E-state index is 12.0. The first-order valence-corrected chi connectivity index (χ1v) is 12.4. The molecule has 25 heavy (non-hydrogen) atoms. The Morgan fingerprint density at radius 3 is 1.76 bits per heavy atom. The Kier molecular flexibility index (Phi) is 7.63. The summed E-state index contributed by atoms with van der Waals surface area (Å²) in [5.41, 5.74) is 2.57. The SMILES string of the molecule is CC(C)[Si](Oc1ccc(C=NS(=O)C(C)(C)C)cc1)(C(C)C)C(C)C. The van der Waals surface area contributed by atoms with Gasteiger partial charge in [-0.05, 0) is 67.2 Å². The lowest BCUT2D eigenvalue weighted by atomic mass is 10.2. The summed E-state index contributed by atoms with van der Waals surface area (Å²) in [6.45, 7) is 19.5. The van der Waals surface area contributed by atoms with Gasteiger partial charge in [0.1, 0.15) is 16.7 Å². The Balaban J connectivity index is 2.99. The molecule has 0 saturated carbocycles. The van der Waals surface area contributed by atoms with E-state index in [1.54, 1.807) is 6.21 Å². The van der Waals surface area contributed by atoms with Gasteiger partial charge in [-0.1, -0.05) is 41.5 Å². The van der Waals surface area contributed by atoms with Crippen LogP contribution >= 0.6 is 0 Å². The molecule has 3 nitrogen and oxygen atoms in total. The van der Waals surface area contributed by atoms with Crippen LogP contribution in [0, 0.1) is 0 Å². The monoisotopic (exact) mass is 381 g/mol. The molecule has 0 aliphatic carbocycles. The Bertz CT molecular complexity index is 579. The van der Waals surface area contributed by atoms with Gasteiger partial charge in [-0.15, -0.1) is 0 Å². The second-order valence-electron chi connectivity index (χ2n) is 8.58. The zero-order chi connectivity index (χ0) is 19.4. The number of nitrogens with zero attached hydrogens (tertiary/aromatic N) is 1. The molecule has 1 aromatic carbocycles. The average molecular weight is 382 g/mol. The third kappa shape index (κ3) is 5.51. The molecule has 0 amide bonds. The third-order valence-electron chi connectivity index (χ3n) is 4.70. The molecule has 1 rings (SSSR count). The van der Waals surface area contributed by atoms with Crippen molar-refractivity contribution in [3.63, 3.8) is 0 Å². The number of hydrogen-bond donors (Lipinski definition) is 0. The van der Waals surface area contributed by atoms with E-state index in [-0.39, 0.29) is 4.75 Å². The number of rotatable bonds is 7. The average Bonchev–Trinajstić information content (AvgIpc) is 2.49. The predicted molar refractivity (Wildman–Crippen MR) is 114 cm³/mol. The molecule has 0 heterocycles. The summed E-state index contributed by atoms with van der Waals surface area (Å²) in [5.74, 6) is 0.928. The summed E-state index contributed by atoms with van der Waals surface area (Å²) in [7, 11) is -3.16. The van der Waals surface area contributed by atoms with Crippen molar-refractivity contribution in [2.24, 2.45) is 4.40 Å². The summed E-state index contributed by atoms with van der Waals surface area (Å²) in [6.07, 6.45) is 1.68. The van der Waals surface area contributed by atoms with Crippen molar-refractivity contribution in [1.82, 2.24) is 0 Å². The van der Waals surface area contributed by atoms with E-state index >= 15 is 0 Å². The summed E-state index contributed by atoms with van der Waals surface area (Å²) in [4.78, 5) is 0. The third-order valence-corrected chi connectivity index (χ3v) is 12.1. The molecule has 5 heteroatoms. The summed E-state index contributed by atoms with van der Waals surface area (Å²) in [6, 6.07) is 7.99. The normalized spacial score (nSPS) is 14.7. The highest BCUT2D eigenvalue weighted by Gasteiger charge is 2.46. The van der Waals surface area contributed by atoms with Gasteiger partial charge in [0.2, 0.25) is 0 Å². The molecule has 0 aliphatic rings. The first-order valence-electron chi connectivity index (χ1n) is 9.16. The summed E-state index contributed by atoms with van der Waals surface area (Å²) < 4.78 is 22.5. The van der Waals surface area contributed by atoms with Crippen LogP contribution in [-0.4, -0.2) is 23.5 Å². The quantitative estimate of drug-likeness (QED) is 0.421. The van der Waals surface area contributed by atoms with Gasteiger partial charge < -0.3 is 4.43 Å². The van der Waals surface area contributed by atoms with Crippen LogP contribution in [0.25, 0.3) is 0 Å². The van der Waals surface area contributed by atoms with Crippen molar-refractivity contribution in [2.45, 2.75) is 83.7 Å².